The lowest BCUT2D eigenvalue weighted by atomic mass is 10.2. The van der Waals surface area contributed by atoms with E-state index >= 15 is 0 Å². The van der Waals surface area contributed by atoms with E-state index < -0.39 is 0 Å². The van der Waals surface area contributed by atoms with Crippen molar-refractivity contribution in [2.24, 2.45) is 0 Å². The largest absolute Gasteiger partial charge is 0.489 e. The second-order valence-electron chi connectivity index (χ2n) is 4.65. The van der Waals surface area contributed by atoms with Crippen molar-refractivity contribution in [3.63, 3.8) is 0 Å². The molecule has 1 aromatic carbocycles. The molecule has 0 bridgehead atoms. The van der Waals surface area contributed by atoms with Crippen LogP contribution >= 0.6 is 34.2 Å². The van der Waals surface area contributed by atoms with Crippen molar-refractivity contribution in [2.45, 2.75) is 18.9 Å². The zero-order valence-electron chi connectivity index (χ0n) is 10.3. The Bertz CT molecular complexity index is 601. The van der Waals surface area contributed by atoms with Crippen molar-refractivity contribution >= 4 is 45.1 Å². The van der Waals surface area contributed by atoms with Gasteiger partial charge in [-0.25, -0.2) is 0 Å². The third kappa shape index (κ3) is 3.12. The molecule has 5 heteroatoms. The van der Waals surface area contributed by atoms with Gasteiger partial charge in [-0.3, -0.25) is 4.98 Å². The predicted molar refractivity (Wildman–Crippen MR) is 86.0 cm³/mol. The lowest BCUT2D eigenvalue weighted by Gasteiger charge is -2.12. The van der Waals surface area contributed by atoms with Gasteiger partial charge in [0.2, 0.25) is 0 Å². The number of aromatic nitrogens is 1. The molecule has 1 aromatic heterocycles. The monoisotopic (exact) mass is 388 g/mol. The molecule has 0 amide bonds. The molecular weight excluding hydrogens is 375 g/mol. The summed E-state index contributed by atoms with van der Waals surface area (Å²) in [5, 5.41) is 5.09. The van der Waals surface area contributed by atoms with Crippen LogP contribution in [0.15, 0.2) is 24.4 Å². The zero-order chi connectivity index (χ0) is 13.2. The fraction of sp³-hybridized carbons (Fsp3) is 0.357. The zero-order valence-corrected chi connectivity index (χ0v) is 13.2. The summed E-state index contributed by atoms with van der Waals surface area (Å²) in [5.41, 5.74) is 0.839. The number of ether oxygens (including phenoxy) is 1. The van der Waals surface area contributed by atoms with Gasteiger partial charge in [0.05, 0.1) is 8.59 Å². The van der Waals surface area contributed by atoms with Crippen molar-refractivity contribution in [1.82, 2.24) is 10.3 Å². The molecule has 0 unspecified atom stereocenters. The number of halogens is 2. The highest BCUT2D eigenvalue weighted by molar-refractivity contribution is 14.1. The van der Waals surface area contributed by atoms with Crippen molar-refractivity contribution in [3.8, 4) is 5.75 Å². The van der Waals surface area contributed by atoms with Crippen LogP contribution in [0.2, 0.25) is 5.02 Å². The average Bonchev–Trinajstić information content (AvgIpc) is 3.22. The normalized spacial score (nSPS) is 14.8. The van der Waals surface area contributed by atoms with E-state index in [1.807, 2.05) is 18.2 Å². The molecule has 1 saturated carbocycles. The molecule has 0 atom stereocenters. The Morgan fingerprint density at radius 2 is 2.32 bits per heavy atom. The molecule has 0 saturated heterocycles. The van der Waals surface area contributed by atoms with Gasteiger partial charge in [-0.2, -0.15) is 0 Å². The van der Waals surface area contributed by atoms with Crippen LogP contribution in [0.3, 0.4) is 0 Å². The minimum Gasteiger partial charge on any atom is -0.489 e. The molecule has 0 spiro atoms. The molecule has 1 heterocycles. The van der Waals surface area contributed by atoms with Crippen LogP contribution < -0.4 is 10.1 Å². The van der Waals surface area contributed by atoms with Gasteiger partial charge in [0.1, 0.15) is 12.1 Å². The molecule has 0 aliphatic heterocycles. The van der Waals surface area contributed by atoms with E-state index in [-0.39, 0.29) is 0 Å². The number of pyridine rings is 1. The molecule has 0 radical (unpaired) electrons. The maximum Gasteiger partial charge on any atom is 0.158 e. The number of rotatable bonds is 5. The number of benzene rings is 1. The highest BCUT2D eigenvalue weighted by Gasteiger charge is 2.20. The fourth-order valence-electron chi connectivity index (χ4n) is 1.99. The molecule has 1 fully saturated rings. The van der Waals surface area contributed by atoms with Gasteiger partial charge in [-0.1, -0.05) is 11.6 Å². The van der Waals surface area contributed by atoms with Gasteiger partial charge in [-0.05, 0) is 53.6 Å². The molecule has 19 heavy (non-hydrogen) atoms. The van der Waals surface area contributed by atoms with Gasteiger partial charge in [0.25, 0.3) is 0 Å². The molecule has 1 aliphatic rings. The van der Waals surface area contributed by atoms with E-state index in [9.17, 15) is 0 Å². The van der Waals surface area contributed by atoms with Crippen LogP contribution in [0.1, 0.15) is 12.8 Å². The Morgan fingerprint density at radius 3 is 3.11 bits per heavy atom. The average molecular weight is 389 g/mol. The first-order valence-corrected chi connectivity index (χ1v) is 7.80. The Labute approximate surface area is 130 Å². The third-order valence-electron chi connectivity index (χ3n) is 3.11. The highest BCUT2D eigenvalue weighted by Crippen LogP contribution is 2.34. The van der Waals surface area contributed by atoms with Gasteiger partial charge in [-0.15, -0.1) is 0 Å². The molecule has 100 valence electrons. The first-order valence-electron chi connectivity index (χ1n) is 6.34. The van der Waals surface area contributed by atoms with E-state index in [1.165, 1.54) is 12.8 Å². The lowest BCUT2D eigenvalue weighted by molar-refractivity contribution is 0.314. The van der Waals surface area contributed by atoms with Crippen LogP contribution in [0.25, 0.3) is 10.9 Å². The van der Waals surface area contributed by atoms with Crippen molar-refractivity contribution in [1.29, 1.82) is 0 Å². The number of hydrogen-bond acceptors (Lipinski definition) is 3. The van der Waals surface area contributed by atoms with Crippen LogP contribution in [0.5, 0.6) is 5.75 Å². The summed E-state index contributed by atoms with van der Waals surface area (Å²) in [5.74, 6) is 0.832. The highest BCUT2D eigenvalue weighted by atomic mass is 127. The SMILES string of the molecule is Clc1cc(I)c(OCCNC2CC2)c2ncccc12. The van der Waals surface area contributed by atoms with E-state index in [4.69, 9.17) is 16.3 Å². The Balaban J connectivity index is 1.80. The predicted octanol–water partition coefficient (Wildman–Crippen LogP) is 3.62. The first kappa shape index (κ1) is 13.4. The van der Waals surface area contributed by atoms with E-state index in [0.717, 1.165) is 31.8 Å². The molecule has 3 rings (SSSR count). The minimum absolute atomic E-state index is 0.653. The molecular formula is C14H14ClIN2O. The van der Waals surface area contributed by atoms with E-state index in [2.05, 4.69) is 32.9 Å². The molecule has 2 aromatic rings. The Morgan fingerprint density at radius 1 is 1.47 bits per heavy atom. The smallest absolute Gasteiger partial charge is 0.158 e. The summed E-state index contributed by atoms with van der Waals surface area (Å²) >= 11 is 8.47. The summed E-state index contributed by atoms with van der Waals surface area (Å²) < 4.78 is 6.89. The quantitative estimate of drug-likeness (QED) is 0.627. The maximum absolute atomic E-state index is 6.23. The summed E-state index contributed by atoms with van der Waals surface area (Å²) in [6.45, 7) is 1.53. The van der Waals surface area contributed by atoms with Gasteiger partial charge in [0.15, 0.2) is 5.75 Å². The van der Waals surface area contributed by atoms with Crippen LogP contribution in [0.4, 0.5) is 0 Å². The number of nitrogens with one attached hydrogen (secondary N) is 1. The maximum atomic E-state index is 6.23. The number of fused-ring (bicyclic) bond motifs is 1. The number of nitrogens with zero attached hydrogens (tertiary/aromatic N) is 1. The summed E-state index contributed by atoms with van der Waals surface area (Å²) in [6.07, 6.45) is 4.36. The van der Waals surface area contributed by atoms with E-state index in [1.54, 1.807) is 6.20 Å². The minimum atomic E-state index is 0.653. The summed E-state index contributed by atoms with van der Waals surface area (Å²) in [7, 11) is 0. The summed E-state index contributed by atoms with van der Waals surface area (Å²) in [4.78, 5) is 4.39. The van der Waals surface area contributed by atoms with Gasteiger partial charge in [0, 0.05) is 24.2 Å². The Kier molecular flexibility index (Phi) is 4.10. The van der Waals surface area contributed by atoms with Crippen molar-refractivity contribution < 1.29 is 4.74 Å². The number of hydrogen-bond donors (Lipinski definition) is 1. The third-order valence-corrected chi connectivity index (χ3v) is 4.22. The van der Waals surface area contributed by atoms with Crippen LogP contribution in [-0.4, -0.2) is 24.2 Å². The fourth-order valence-corrected chi connectivity index (χ4v) is 3.16. The second kappa shape index (κ2) is 5.81. The van der Waals surface area contributed by atoms with Crippen LogP contribution in [-0.2, 0) is 0 Å². The topological polar surface area (TPSA) is 34.1 Å². The van der Waals surface area contributed by atoms with Gasteiger partial charge >= 0.3 is 0 Å². The van der Waals surface area contributed by atoms with Crippen molar-refractivity contribution in [2.75, 3.05) is 13.2 Å². The first-order chi connectivity index (χ1) is 9.25. The standard InChI is InChI=1S/C14H14ClIN2O/c15-11-8-12(16)14(13-10(11)2-1-5-18-13)19-7-6-17-9-3-4-9/h1-2,5,8-9,17H,3-4,6-7H2. The lowest BCUT2D eigenvalue weighted by Crippen LogP contribution is -2.23. The molecule has 1 N–H and O–H groups in total. The summed E-state index contributed by atoms with van der Waals surface area (Å²) in [6, 6.07) is 6.49. The van der Waals surface area contributed by atoms with Crippen LogP contribution in [0, 0.1) is 3.57 Å². The molecule has 1 aliphatic carbocycles. The van der Waals surface area contributed by atoms with Crippen molar-refractivity contribution in [3.05, 3.63) is 33.0 Å². The second-order valence-corrected chi connectivity index (χ2v) is 6.22. The van der Waals surface area contributed by atoms with Gasteiger partial charge < -0.3 is 10.1 Å². The molecule has 3 nitrogen and oxygen atoms in total. The van der Waals surface area contributed by atoms with E-state index in [0.29, 0.717) is 12.6 Å². The Hall–Kier alpha value is -0.590.